The third-order valence-electron chi connectivity index (χ3n) is 1.52. The molecule has 0 unspecified atom stereocenters. The highest BCUT2D eigenvalue weighted by atomic mass is 79.9. The maximum atomic E-state index is 5.87. The average molecular weight is 251 g/mol. The van der Waals surface area contributed by atoms with Gasteiger partial charge in [0, 0.05) is 4.47 Å². The second kappa shape index (κ2) is 4.82. The van der Waals surface area contributed by atoms with Crippen LogP contribution in [-0.4, -0.2) is 6.61 Å². The summed E-state index contributed by atoms with van der Waals surface area (Å²) in [6.45, 7) is 0.499. The van der Waals surface area contributed by atoms with Crippen molar-refractivity contribution in [3.8, 4) is 0 Å². The maximum Gasteiger partial charge on any atom is 0.0720 e. The lowest BCUT2D eigenvalue weighted by Gasteiger charge is -2.04. The molecule has 0 aliphatic rings. The first-order valence-electron chi connectivity index (χ1n) is 3.50. The second-order valence-corrected chi connectivity index (χ2v) is 3.53. The van der Waals surface area contributed by atoms with Gasteiger partial charge < -0.3 is 4.84 Å². The lowest BCUT2D eigenvalue weighted by Crippen LogP contribution is -2.04. The molecule has 0 saturated heterocycles. The summed E-state index contributed by atoms with van der Waals surface area (Å²) < 4.78 is 0.920. The summed E-state index contributed by atoms with van der Waals surface area (Å²) in [6.07, 6.45) is 0.762. The van der Waals surface area contributed by atoms with E-state index in [-0.39, 0.29) is 0 Å². The number of nitrogens with two attached hydrogens (primary N) is 1. The van der Waals surface area contributed by atoms with E-state index in [1.54, 1.807) is 0 Å². The van der Waals surface area contributed by atoms with Gasteiger partial charge in [0.1, 0.15) is 0 Å². The summed E-state index contributed by atoms with van der Waals surface area (Å²) in [5, 5.41) is 0.713. The first-order valence-corrected chi connectivity index (χ1v) is 4.67. The van der Waals surface area contributed by atoms with Crippen molar-refractivity contribution in [3.63, 3.8) is 0 Å². The molecule has 0 saturated carbocycles. The molecule has 0 spiro atoms. The van der Waals surface area contributed by atoms with Gasteiger partial charge in [-0.05, 0) is 34.0 Å². The van der Waals surface area contributed by atoms with Gasteiger partial charge >= 0.3 is 0 Å². The predicted molar refractivity (Wildman–Crippen MR) is 53.0 cm³/mol. The molecule has 0 heterocycles. The van der Waals surface area contributed by atoms with E-state index in [2.05, 4.69) is 20.8 Å². The molecule has 66 valence electrons. The Bertz CT molecular complexity index is 267. The van der Waals surface area contributed by atoms with Crippen LogP contribution in [0.2, 0.25) is 5.02 Å². The largest absolute Gasteiger partial charge is 0.304 e. The minimum atomic E-state index is 0.499. The highest BCUT2D eigenvalue weighted by molar-refractivity contribution is 9.10. The van der Waals surface area contributed by atoms with Crippen molar-refractivity contribution in [2.24, 2.45) is 5.90 Å². The van der Waals surface area contributed by atoms with Crippen molar-refractivity contribution < 1.29 is 4.84 Å². The maximum absolute atomic E-state index is 5.87. The third kappa shape index (κ3) is 2.45. The van der Waals surface area contributed by atoms with Gasteiger partial charge in [-0.2, -0.15) is 0 Å². The molecule has 0 aromatic heterocycles. The summed E-state index contributed by atoms with van der Waals surface area (Å²) in [5.41, 5.74) is 1.10. The summed E-state index contributed by atoms with van der Waals surface area (Å²) in [6, 6.07) is 5.71. The molecule has 2 nitrogen and oxygen atoms in total. The standard InChI is InChI=1S/C8H9BrClNO/c9-8-6(4-5-12-11)2-1-3-7(8)10/h1-3H,4-5,11H2. The number of hydrogen-bond donors (Lipinski definition) is 1. The zero-order chi connectivity index (χ0) is 8.97. The monoisotopic (exact) mass is 249 g/mol. The SMILES string of the molecule is NOCCc1cccc(Cl)c1Br. The van der Waals surface area contributed by atoms with Gasteiger partial charge in [-0.15, -0.1) is 0 Å². The van der Waals surface area contributed by atoms with Crippen LogP contribution in [0.25, 0.3) is 0 Å². The molecule has 0 fully saturated rings. The number of halogens is 2. The van der Waals surface area contributed by atoms with Crippen LogP contribution in [-0.2, 0) is 11.3 Å². The van der Waals surface area contributed by atoms with E-state index in [4.69, 9.17) is 17.5 Å². The lowest BCUT2D eigenvalue weighted by molar-refractivity contribution is 0.141. The van der Waals surface area contributed by atoms with Crippen LogP contribution in [0.4, 0.5) is 0 Å². The lowest BCUT2D eigenvalue weighted by atomic mass is 10.2. The zero-order valence-electron chi connectivity index (χ0n) is 6.39. The third-order valence-corrected chi connectivity index (χ3v) is 3.00. The minimum Gasteiger partial charge on any atom is -0.304 e. The van der Waals surface area contributed by atoms with Crippen molar-refractivity contribution >= 4 is 27.5 Å². The number of rotatable bonds is 3. The van der Waals surface area contributed by atoms with Crippen LogP contribution in [0.15, 0.2) is 22.7 Å². The van der Waals surface area contributed by atoms with Gasteiger partial charge in [0.05, 0.1) is 11.6 Å². The summed E-state index contributed by atoms with van der Waals surface area (Å²) >= 11 is 9.26. The van der Waals surface area contributed by atoms with E-state index < -0.39 is 0 Å². The summed E-state index contributed by atoms with van der Waals surface area (Å²) in [4.78, 5) is 4.48. The molecular formula is C8H9BrClNO. The Balaban J connectivity index is 2.78. The molecule has 0 atom stereocenters. The van der Waals surface area contributed by atoms with E-state index in [0.717, 1.165) is 16.5 Å². The van der Waals surface area contributed by atoms with E-state index in [9.17, 15) is 0 Å². The van der Waals surface area contributed by atoms with Crippen molar-refractivity contribution in [3.05, 3.63) is 33.3 Å². The molecule has 2 N–H and O–H groups in total. The van der Waals surface area contributed by atoms with Crippen molar-refractivity contribution in [1.82, 2.24) is 0 Å². The quantitative estimate of drug-likeness (QED) is 0.837. The van der Waals surface area contributed by atoms with Gasteiger partial charge in [-0.25, -0.2) is 5.90 Å². The molecule has 4 heteroatoms. The highest BCUT2D eigenvalue weighted by Crippen LogP contribution is 2.26. The topological polar surface area (TPSA) is 35.2 Å². The van der Waals surface area contributed by atoms with Crippen molar-refractivity contribution in [2.45, 2.75) is 6.42 Å². The van der Waals surface area contributed by atoms with Gasteiger partial charge in [-0.1, -0.05) is 23.7 Å². The molecule has 0 radical (unpaired) electrons. The van der Waals surface area contributed by atoms with Crippen LogP contribution in [0, 0.1) is 0 Å². The fraction of sp³-hybridized carbons (Fsp3) is 0.250. The molecule has 0 amide bonds. The van der Waals surface area contributed by atoms with Gasteiger partial charge in [-0.3, -0.25) is 0 Å². The highest BCUT2D eigenvalue weighted by Gasteiger charge is 2.02. The Hall–Kier alpha value is -0.0900. The molecule has 1 rings (SSSR count). The molecule has 1 aromatic carbocycles. The van der Waals surface area contributed by atoms with E-state index in [1.807, 2.05) is 18.2 Å². The Kier molecular flexibility index (Phi) is 4.01. The molecule has 0 aliphatic carbocycles. The van der Waals surface area contributed by atoms with Crippen LogP contribution in [0.1, 0.15) is 5.56 Å². The fourth-order valence-electron chi connectivity index (χ4n) is 0.910. The van der Waals surface area contributed by atoms with Crippen LogP contribution >= 0.6 is 27.5 Å². The fourth-order valence-corrected chi connectivity index (χ4v) is 1.57. The summed E-state index contributed by atoms with van der Waals surface area (Å²) in [5.74, 6) is 4.92. The Labute approximate surface area is 84.7 Å². The van der Waals surface area contributed by atoms with Crippen LogP contribution in [0.5, 0.6) is 0 Å². The smallest absolute Gasteiger partial charge is 0.0720 e. The Morgan fingerprint density at radius 1 is 1.50 bits per heavy atom. The van der Waals surface area contributed by atoms with Crippen molar-refractivity contribution in [2.75, 3.05) is 6.61 Å². The van der Waals surface area contributed by atoms with Crippen LogP contribution in [0.3, 0.4) is 0 Å². The Morgan fingerprint density at radius 2 is 2.25 bits per heavy atom. The van der Waals surface area contributed by atoms with Crippen LogP contribution < -0.4 is 5.90 Å². The van der Waals surface area contributed by atoms with Gasteiger partial charge in [0.2, 0.25) is 0 Å². The van der Waals surface area contributed by atoms with E-state index in [1.165, 1.54) is 0 Å². The second-order valence-electron chi connectivity index (χ2n) is 2.33. The normalized spacial score (nSPS) is 10.2. The predicted octanol–water partition coefficient (Wildman–Crippen LogP) is 2.54. The molecular weight excluding hydrogens is 241 g/mol. The Morgan fingerprint density at radius 3 is 2.92 bits per heavy atom. The zero-order valence-corrected chi connectivity index (χ0v) is 8.73. The molecule has 0 aliphatic heterocycles. The average Bonchev–Trinajstić information content (AvgIpc) is 2.08. The summed E-state index contributed by atoms with van der Waals surface area (Å²) in [7, 11) is 0. The minimum absolute atomic E-state index is 0.499. The molecule has 12 heavy (non-hydrogen) atoms. The molecule has 0 bridgehead atoms. The first kappa shape index (κ1) is 9.99. The van der Waals surface area contributed by atoms with E-state index >= 15 is 0 Å². The van der Waals surface area contributed by atoms with Gasteiger partial charge in [0.15, 0.2) is 0 Å². The number of hydrogen-bond acceptors (Lipinski definition) is 2. The van der Waals surface area contributed by atoms with E-state index in [0.29, 0.717) is 11.6 Å². The first-order chi connectivity index (χ1) is 5.75. The van der Waals surface area contributed by atoms with Crippen molar-refractivity contribution in [1.29, 1.82) is 0 Å². The number of benzene rings is 1. The van der Waals surface area contributed by atoms with Gasteiger partial charge in [0.25, 0.3) is 0 Å². The molecule has 1 aromatic rings.